The van der Waals surface area contributed by atoms with Crippen LogP contribution >= 0.6 is 11.6 Å². The van der Waals surface area contributed by atoms with Crippen LogP contribution in [0.25, 0.3) is 0 Å². The van der Waals surface area contributed by atoms with E-state index in [1.54, 1.807) is 43.3 Å². The van der Waals surface area contributed by atoms with E-state index in [4.69, 9.17) is 11.6 Å². The number of aromatic hydroxyl groups is 1. The second-order valence-corrected chi connectivity index (χ2v) is 4.53. The smallest absolute Gasteiger partial charge is 0.323 e. The van der Waals surface area contributed by atoms with Crippen LogP contribution in [-0.2, 0) is 0 Å². The number of hydrogen-bond acceptors (Lipinski definition) is 2. The fraction of sp³-hybridized carbons (Fsp3) is 0.0714. The summed E-state index contributed by atoms with van der Waals surface area (Å²) in [6.45, 7) is 1.76. The summed E-state index contributed by atoms with van der Waals surface area (Å²) in [5.41, 5.74) is 1.91. The third-order valence-electron chi connectivity index (χ3n) is 2.54. The maximum Gasteiger partial charge on any atom is 0.323 e. The van der Waals surface area contributed by atoms with Crippen molar-refractivity contribution in [1.82, 2.24) is 0 Å². The van der Waals surface area contributed by atoms with E-state index in [0.29, 0.717) is 22.0 Å². The molecule has 0 heterocycles. The van der Waals surface area contributed by atoms with Crippen LogP contribution in [0.15, 0.2) is 42.5 Å². The number of benzene rings is 2. The molecule has 2 amide bonds. The van der Waals surface area contributed by atoms with Gasteiger partial charge in [0.1, 0.15) is 5.75 Å². The number of halogens is 1. The van der Waals surface area contributed by atoms with Gasteiger partial charge in [0.25, 0.3) is 0 Å². The van der Waals surface area contributed by atoms with E-state index in [-0.39, 0.29) is 11.8 Å². The van der Waals surface area contributed by atoms with Gasteiger partial charge in [-0.3, -0.25) is 0 Å². The highest BCUT2D eigenvalue weighted by Crippen LogP contribution is 2.20. The molecule has 2 aromatic carbocycles. The van der Waals surface area contributed by atoms with Crippen LogP contribution in [0.4, 0.5) is 16.2 Å². The summed E-state index contributed by atoms with van der Waals surface area (Å²) in [6.07, 6.45) is 0. The molecule has 5 heteroatoms. The molecular formula is C14H13ClN2O2. The van der Waals surface area contributed by atoms with Crippen LogP contribution in [0.5, 0.6) is 5.75 Å². The fourth-order valence-electron chi connectivity index (χ4n) is 1.59. The maximum atomic E-state index is 11.8. The average Bonchev–Trinajstić information content (AvgIpc) is 2.34. The number of phenolic OH excluding ortho intramolecular Hbond substituents is 1. The van der Waals surface area contributed by atoms with Gasteiger partial charge >= 0.3 is 6.03 Å². The fourth-order valence-corrected chi connectivity index (χ4v) is 1.78. The topological polar surface area (TPSA) is 61.4 Å². The van der Waals surface area contributed by atoms with E-state index >= 15 is 0 Å². The Hall–Kier alpha value is -2.20. The molecule has 3 N–H and O–H groups in total. The number of carbonyl (C=O) groups excluding carboxylic acids is 1. The van der Waals surface area contributed by atoms with Crippen molar-refractivity contribution in [1.29, 1.82) is 0 Å². The number of carbonyl (C=O) groups is 1. The lowest BCUT2D eigenvalue weighted by Gasteiger charge is -2.09. The Morgan fingerprint density at radius 2 is 1.79 bits per heavy atom. The van der Waals surface area contributed by atoms with Gasteiger partial charge in [-0.05, 0) is 48.9 Å². The summed E-state index contributed by atoms with van der Waals surface area (Å²) in [6, 6.07) is 11.4. The van der Waals surface area contributed by atoms with E-state index in [2.05, 4.69) is 10.6 Å². The minimum absolute atomic E-state index is 0.195. The second kappa shape index (κ2) is 5.63. The monoisotopic (exact) mass is 276 g/mol. The summed E-state index contributed by atoms with van der Waals surface area (Å²) in [5.74, 6) is 0.195. The van der Waals surface area contributed by atoms with Gasteiger partial charge in [0, 0.05) is 16.4 Å². The Kier molecular flexibility index (Phi) is 3.92. The molecule has 0 radical (unpaired) electrons. The summed E-state index contributed by atoms with van der Waals surface area (Å²) >= 11 is 5.83. The van der Waals surface area contributed by atoms with Crippen LogP contribution < -0.4 is 10.6 Å². The molecule has 0 atom stereocenters. The predicted molar refractivity (Wildman–Crippen MR) is 76.9 cm³/mol. The highest BCUT2D eigenvalue weighted by atomic mass is 35.5. The SMILES string of the molecule is Cc1cc(NC(=O)Nc2cccc(Cl)c2)ccc1O. The van der Waals surface area contributed by atoms with Gasteiger partial charge in [0.05, 0.1) is 0 Å². The molecule has 0 aliphatic heterocycles. The first-order chi connectivity index (χ1) is 9.04. The van der Waals surface area contributed by atoms with Crippen LogP contribution in [0, 0.1) is 6.92 Å². The molecule has 98 valence electrons. The molecule has 0 aromatic heterocycles. The van der Waals surface area contributed by atoms with Crippen molar-refractivity contribution >= 4 is 29.0 Å². The lowest BCUT2D eigenvalue weighted by Crippen LogP contribution is -2.19. The van der Waals surface area contributed by atoms with Crippen molar-refractivity contribution in [3.05, 3.63) is 53.1 Å². The van der Waals surface area contributed by atoms with Crippen molar-refractivity contribution in [3.8, 4) is 5.75 Å². The van der Waals surface area contributed by atoms with Crippen LogP contribution in [-0.4, -0.2) is 11.1 Å². The first-order valence-electron chi connectivity index (χ1n) is 5.68. The van der Waals surface area contributed by atoms with Gasteiger partial charge in [-0.2, -0.15) is 0 Å². The maximum absolute atomic E-state index is 11.8. The molecule has 2 aromatic rings. The van der Waals surface area contributed by atoms with Crippen LogP contribution in [0.3, 0.4) is 0 Å². The number of hydrogen-bond donors (Lipinski definition) is 3. The molecule has 0 saturated heterocycles. The number of rotatable bonds is 2. The quantitative estimate of drug-likeness (QED) is 0.726. The van der Waals surface area contributed by atoms with Crippen molar-refractivity contribution in [2.24, 2.45) is 0 Å². The van der Waals surface area contributed by atoms with Gasteiger partial charge in [0.15, 0.2) is 0 Å². The summed E-state index contributed by atoms with van der Waals surface area (Å²) in [4.78, 5) is 11.8. The molecule has 0 aliphatic rings. The molecule has 0 fully saturated rings. The van der Waals surface area contributed by atoms with Gasteiger partial charge in [-0.1, -0.05) is 17.7 Å². The summed E-state index contributed by atoms with van der Waals surface area (Å²) < 4.78 is 0. The lowest BCUT2D eigenvalue weighted by molar-refractivity contribution is 0.262. The Labute approximate surface area is 116 Å². The minimum Gasteiger partial charge on any atom is -0.508 e. The van der Waals surface area contributed by atoms with E-state index in [1.807, 2.05) is 0 Å². The van der Waals surface area contributed by atoms with Gasteiger partial charge in [-0.25, -0.2) is 4.79 Å². The molecule has 2 rings (SSSR count). The standard InChI is InChI=1S/C14H13ClN2O2/c1-9-7-12(5-6-13(9)18)17-14(19)16-11-4-2-3-10(15)8-11/h2-8,18H,1H3,(H2,16,17,19). The third-order valence-corrected chi connectivity index (χ3v) is 2.77. The number of aryl methyl sites for hydroxylation is 1. The van der Waals surface area contributed by atoms with Crippen molar-refractivity contribution in [3.63, 3.8) is 0 Å². The number of anilines is 2. The average molecular weight is 277 g/mol. The number of amides is 2. The van der Waals surface area contributed by atoms with Gasteiger partial charge in [0.2, 0.25) is 0 Å². The van der Waals surface area contributed by atoms with E-state index < -0.39 is 0 Å². The first kappa shape index (κ1) is 13.2. The van der Waals surface area contributed by atoms with Crippen molar-refractivity contribution in [2.45, 2.75) is 6.92 Å². The second-order valence-electron chi connectivity index (χ2n) is 4.09. The van der Waals surface area contributed by atoms with Crippen LogP contribution in [0.2, 0.25) is 5.02 Å². The Bertz CT molecular complexity index is 614. The Morgan fingerprint density at radius 1 is 1.11 bits per heavy atom. The zero-order chi connectivity index (χ0) is 13.8. The van der Waals surface area contributed by atoms with Crippen molar-refractivity contribution < 1.29 is 9.90 Å². The molecule has 0 saturated carbocycles. The Morgan fingerprint density at radius 3 is 2.42 bits per heavy atom. The van der Waals surface area contributed by atoms with E-state index in [1.165, 1.54) is 6.07 Å². The van der Waals surface area contributed by atoms with Crippen LogP contribution in [0.1, 0.15) is 5.56 Å². The first-order valence-corrected chi connectivity index (χ1v) is 6.05. The summed E-state index contributed by atoms with van der Waals surface area (Å²) in [5, 5.41) is 15.3. The molecule has 0 spiro atoms. The molecule has 0 unspecified atom stereocenters. The zero-order valence-corrected chi connectivity index (χ0v) is 11.0. The minimum atomic E-state index is -0.368. The third kappa shape index (κ3) is 3.63. The molecule has 19 heavy (non-hydrogen) atoms. The van der Waals surface area contributed by atoms with E-state index in [9.17, 15) is 9.90 Å². The Balaban J connectivity index is 2.03. The van der Waals surface area contributed by atoms with E-state index in [0.717, 1.165) is 0 Å². The highest BCUT2D eigenvalue weighted by Gasteiger charge is 2.04. The normalized spacial score (nSPS) is 10.0. The molecule has 4 nitrogen and oxygen atoms in total. The van der Waals surface area contributed by atoms with Gasteiger partial charge in [-0.15, -0.1) is 0 Å². The number of urea groups is 1. The summed E-state index contributed by atoms with van der Waals surface area (Å²) in [7, 11) is 0. The predicted octanol–water partition coefficient (Wildman–Crippen LogP) is 4.00. The molecular weight excluding hydrogens is 264 g/mol. The zero-order valence-electron chi connectivity index (χ0n) is 10.3. The highest BCUT2D eigenvalue weighted by molar-refractivity contribution is 6.30. The van der Waals surface area contributed by atoms with Crippen molar-refractivity contribution in [2.75, 3.05) is 10.6 Å². The largest absolute Gasteiger partial charge is 0.508 e. The molecule has 0 bridgehead atoms. The lowest BCUT2D eigenvalue weighted by atomic mass is 10.2. The molecule has 0 aliphatic carbocycles. The number of phenols is 1. The number of nitrogens with one attached hydrogen (secondary N) is 2. The van der Waals surface area contributed by atoms with Gasteiger partial charge < -0.3 is 15.7 Å².